The maximum absolute atomic E-state index is 11.8. The summed E-state index contributed by atoms with van der Waals surface area (Å²) in [6.45, 7) is 0.896. The minimum Gasteiger partial charge on any atom is -0.353 e. The molecule has 1 aromatic rings. The molecule has 0 aliphatic carbocycles. The van der Waals surface area contributed by atoms with E-state index in [2.05, 4.69) is 9.62 Å². The summed E-state index contributed by atoms with van der Waals surface area (Å²) in [6.07, 6.45) is 1.81. The van der Waals surface area contributed by atoms with Gasteiger partial charge in [0, 0.05) is 6.54 Å². The van der Waals surface area contributed by atoms with Crippen LogP contribution in [-0.4, -0.2) is 21.1 Å². The second-order valence-electron chi connectivity index (χ2n) is 3.70. The van der Waals surface area contributed by atoms with Crippen LogP contribution in [0.3, 0.4) is 0 Å². The molecule has 0 radical (unpaired) electrons. The summed E-state index contributed by atoms with van der Waals surface area (Å²) >= 11 is 6.99. The molecule has 7 heteroatoms. The fraction of sp³-hybridized carbons (Fsp3) is 0.500. The fourth-order valence-corrected chi connectivity index (χ4v) is 5.25. The highest BCUT2D eigenvalue weighted by Gasteiger charge is 2.39. The van der Waals surface area contributed by atoms with Crippen molar-refractivity contribution in [2.75, 3.05) is 11.4 Å². The molecule has 0 aromatic carbocycles. The maximum atomic E-state index is 11.8. The Morgan fingerprint density at radius 1 is 1.60 bits per heavy atom. The quantitative estimate of drug-likeness (QED) is 0.775. The van der Waals surface area contributed by atoms with Gasteiger partial charge in [0.05, 0.1) is 16.2 Å². The summed E-state index contributed by atoms with van der Waals surface area (Å²) in [5, 5.41) is 0. The van der Waals surface area contributed by atoms with Crippen LogP contribution in [0.25, 0.3) is 0 Å². The molecule has 0 amide bonds. The Balaban J connectivity index is 2.22. The number of nitrogens with zero attached hydrogens (tertiary/aromatic N) is 1. The van der Waals surface area contributed by atoms with E-state index in [1.165, 1.54) is 0 Å². The molecule has 2 aliphatic heterocycles. The first kappa shape index (κ1) is 9.89. The minimum absolute atomic E-state index is 0.0758. The molecule has 1 fully saturated rings. The zero-order valence-corrected chi connectivity index (χ0v) is 10.1. The Hall–Kier alpha value is -0.300. The number of thiophene rings is 1. The van der Waals surface area contributed by atoms with Crippen molar-refractivity contribution in [3.63, 3.8) is 0 Å². The lowest BCUT2D eigenvalue weighted by Crippen LogP contribution is -2.48. The lowest BCUT2D eigenvalue weighted by Gasteiger charge is -2.31. The highest BCUT2D eigenvalue weighted by Crippen LogP contribution is 2.42. The van der Waals surface area contributed by atoms with E-state index in [1.807, 2.05) is 0 Å². The number of anilines is 1. The minimum atomic E-state index is -3.33. The van der Waals surface area contributed by atoms with E-state index >= 15 is 0 Å². The van der Waals surface area contributed by atoms with Crippen LogP contribution in [0, 0.1) is 0 Å². The van der Waals surface area contributed by atoms with E-state index in [4.69, 9.17) is 11.6 Å². The van der Waals surface area contributed by atoms with Crippen molar-refractivity contribution in [2.24, 2.45) is 0 Å². The molecule has 0 saturated carbocycles. The molecule has 1 saturated heterocycles. The molecular weight excluding hydrogens is 256 g/mol. The van der Waals surface area contributed by atoms with Crippen LogP contribution in [-0.2, 0) is 10.0 Å². The summed E-state index contributed by atoms with van der Waals surface area (Å²) in [7, 11) is -3.33. The van der Waals surface area contributed by atoms with Gasteiger partial charge in [-0.3, -0.25) is 0 Å². The van der Waals surface area contributed by atoms with E-state index in [1.54, 1.807) is 6.07 Å². The first-order valence-electron chi connectivity index (χ1n) is 4.66. The largest absolute Gasteiger partial charge is 0.353 e. The lowest BCUT2D eigenvalue weighted by atomic mass is 10.3. The van der Waals surface area contributed by atoms with Gasteiger partial charge in [-0.25, -0.2) is 8.42 Å². The van der Waals surface area contributed by atoms with Crippen LogP contribution in [0.1, 0.15) is 12.8 Å². The van der Waals surface area contributed by atoms with Gasteiger partial charge in [0.15, 0.2) is 4.21 Å². The highest BCUT2D eigenvalue weighted by atomic mass is 35.5. The van der Waals surface area contributed by atoms with Gasteiger partial charge in [-0.1, -0.05) is 11.6 Å². The molecule has 0 spiro atoms. The van der Waals surface area contributed by atoms with Crippen LogP contribution >= 0.6 is 22.9 Å². The number of fused-ring (bicyclic) bond motifs is 3. The first-order chi connectivity index (χ1) is 7.08. The molecule has 0 bridgehead atoms. The first-order valence-corrected chi connectivity index (χ1v) is 7.34. The number of halogens is 1. The topological polar surface area (TPSA) is 49.4 Å². The van der Waals surface area contributed by atoms with Gasteiger partial charge < -0.3 is 4.90 Å². The van der Waals surface area contributed by atoms with E-state index in [9.17, 15) is 8.42 Å². The van der Waals surface area contributed by atoms with Crippen molar-refractivity contribution in [3.8, 4) is 0 Å². The number of hydrogen-bond donors (Lipinski definition) is 1. The van der Waals surface area contributed by atoms with Crippen molar-refractivity contribution in [2.45, 2.75) is 23.2 Å². The Bertz CT molecular complexity index is 511. The molecule has 1 atom stereocenters. The smallest absolute Gasteiger partial charge is 0.253 e. The average Bonchev–Trinajstić information content (AvgIpc) is 2.69. The van der Waals surface area contributed by atoms with Crippen LogP contribution in [0.4, 0.5) is 5.69 Å². The lowest BCUT2D eigenvalue weighted by molar-refractivity contribution is 0.544. The maximum Gasteiger partial charge on any atom is 0.253 e. The van der Waals surface area contributed by atoms with Crippen LogP contribution < -0.4 is 9.62 Å². The number of sulfonamides is 1. The van der Waals surface area contributed by atoms with Gasteiger partial charge in [0.1, 0.15) is 0 Å². The van der Waals surface area contributed by atoms with Gasteiger partial charge >= 0.3 is 0 Å². The van der Waals surface area contributed by atoms with Crippen molar-refractivity contribution in [1.82, 2.24) is 4.72 Å². The van der Waals surface area contributed by atoms with E-state index in [0.29, 0.717) is 8.55 Å². The zero-order valence-electron chi connectivity index (χ0n) is 7.73. The second-order valence-corrected chi connectivity index (χ2v) is 7.29. The summed E-state index contributed by atoms with van der Waals surface area (Å²) in [5.41, 5.74) is 0.770. The Labute approximate surface area is 96.9 Å². The Morgan fingerprint density at radius 2 is 2.40 bits per heavy atom. The number of rotatable bonds is 0. The molecule has 1 unspecified atom stereocenters. The van der Waals surface area contributed by atoms with Crippen molar-refractivity contribution < 1.29 is 8.42 Å². The monoisotopic (exact) mass is 264 g/mol. The predicted octanol–water partition coefficient (Wildman–Crippen LogP) is 1.62. The van der Waals surface area contributed by atoms with Gasteiger partial charge in [-0.2, -0.15) is 4.72 Å². The summed E-state index contributed by atoms with van der Waals surface area (Å²) < 4.78 is 27.2. The normalized spacial score (nSPS) is 27.5. The molecule has 15 heavy (non-hydrogen) atoms. The van der Waals surface area contributed by atoms with Crippen molar-refractivity contribution >= 4 is 38.6 Å². The second kappa shape index (κ2) is 3.10. The fourth-order valence-electron chi connectivity index (χ4n) is 2.14. The Morgan fingerprint density at radius 3 is 3.20 bits per heavy atom. The van der Waals surface area contributed by atoms with Crippen LogP contribution in [0.5, 0.6) is 0 Å². The average molecular weight is 265 g/mol. The highest BCUT2D eigenvalue weighted by molar-refractivity contribution is 7.92. The summed E-state index contributed by atoms with van der Waals surface area (Å²) in [6, 6.07) is 1.75. The van der Waals surface area contributed by atoms with Crippen molar-refractivity contribution in [1.29, 1.82) is 0 Å². The van der Waals surface area contributed by atoms with Crippen LogP contribution in [0.2, 0.25) is 4.34 Å². The number of hydrogen-bond acceptors (Lipinski definition) is 4. The molecule has 3 rings (SSSR count). The van der Waals surface area contributed by atoms with E-state index in [-0.39, 0.29) is 6.17 Å². The van der Waals surface area contributed by atoms with E-state index < -0.39 is 10.0 Å². The van der Waals surface area contributed by atoms with Crippen molar-refractivity contribution in [3.05, 3.63) is 10.4 Å². The molecule has 2 aliphatic rings. The van der Waals surface area contributed by atoms with Gasteiger partial charge in [0.2, 0.25) is 0 Å². The van der Waals surface area contributed by atoms with Crippen LogP contribution in [0.15, 0.2) is 10.3 Å². The SMILES string of the molecule is O=S1(=O)NC2CCCN2c2cc(Cl)sc21. The van der Waals surface area contributed by atoms with E-state index in [0.717, 1.165) is 36.4 Å². The third-order valence-corrected chi connectivity index (χ3v) is 5.98. The molecule has 3 heterocycles. The number of nitrogens with one attached hydrogen (secondary N) is 1. The summed E-state index contributed by atoms with van der Waals surface area (Å²) in [5.74, 6) is 0. The zero-order chi connectivity index (χ0) is 10.6. The molecule has 1 N–H and O–H groups in total. The standard InChI is InChI=1S/C8H9ClN2O2S2/c9-6-4-5-8(14-6)15(12,13)10-7-2-1-3-11(5)7/h4,7,10H,1-3H2. The third kappa shape index (κ3) is 1.39. The Kier molecular flexibility index (Phi) is 2.04. The van der Waals surface area contributed by atoms with Gasteiger partial charge in [0.25, 0.3) is 10.0 Å². The van der Waals surface area contributed by atoms with Gasteiger partial charge in [-0.05, 0) is 18.9 Å². The predicted molar refractivity (Wildman–Crippen MR) is 60.0 cm³/mol. The van der Waals surface area contributed by atoms with Gasteiger partial charge in [-0.15, -0.1) is 11.3 Å². The molecular formula is C8H9ClN2O2S2. The molecule has 4 nitrogen and oxygen atoms in total. The summed E-state index contributed by atoms with van der Waals surface area (Å²) in [4.78, 5) is 2.08. The third-order valence-electron chi connectivity index (χ3n) is 2.75. The molecule has 82 valence electrons. The molecule has 1 aromatic heterocycles.